The average molecular weight is 345 g/mol. The van der Waals surface area contributed by atoms with Gasteiger partial charge >= 0.3 is 6.09 Å². The number of rotatable bonds is 4. The monoisotopic (exact) mass is 345 g/mol. The Morgan fingerprint density at radius 2 is 2.00 bits per heavy atom. The Kier molecular flexibility index (Phi) is 5.62. The van der Waals surface area contributed by atoms with Gasteiger partial charge in [0.25, 0.3) is 0 Å². The average Bonchev–Trinajstić information content (AvgIpc) is 2.81. The van der Waals surface area contributed by atoms with E-state index in [1.54, 1.807) is 0 Å². The Hall–Kier alpha value is -2.34. The molecule has 6 heteroatoms. The van der Waals surface area contributed by atoms with Crippen LogP contribution in [0.2, 0.25) is 0 Å². The van der Waals surface area contributed by atoms with Gasteiger partial charge in [0.2, 0.25) is 0 Å². The fourth-order valence-electron chi connectivity index (χ4n) is 2.09. The van der Waals surface area contributed by atoms with Crippen molar-refractivity contribution >= 4 is 28.6 Å². The van der Waals surface area contributed by atoms with E-state index in [2.05, 4.69) is 10.3 Å². The van der Waals surface area contributed by atoms with Gasteiger partial charge in [0.15, 0.2) is 5.13 Å². The summed E-state index contributed by atoms with van der Waals surface area (Å²) in [5, 5.41) is 3.27. The molecule has 0 radical (unpaired) electrons. The van der Waals surface area contributed by atoms with E-state index in [1.165, 1.54) is 11.3 Å². The zero-order chi connectivity index (χ0) is 17.7. The molecule has 0 unspecified atom stereocenters. The Morgan fingerprint density at radius 1 is 1.33 bits per heavy atom. The number of alkyl carbamates (subject to hydrolysis) is 1. The number of nitrogens with two attached hydrogens (primary N) is 1. The SMILES string of the molecule is Cc1sc(N)nc1-c1ccc(C=CCNC(=O)OC(C)(C)C)cc1. The topological polar surface area (TPSA) is 77.2 Å². The van der Waals surface area contributed by atoms with Gasteiger partial charge in [-0.1, -0.05) is 36.4 Å². The zero-order valence-electron chi connectivity index (χ0n) is 14.4. The van der Waals surface area contributed by atoms with Crippen molar-refractivity contribution in [2.45, 2.75) is 33.3 Å². The number of hydrogen-bond donors (Lipinski definition) is 2. The molecule has 5 nitrogen and oxygen atoms in total. The van der Waals surface area contributed by atoms with Crippen LogP contribution in [0.15, 0.2) is 30.3 Å². The molecule has 2 rings (SSSR count). The van der Waals surface area contributed by atoms with Crippen LogP contribution >= 0.6 is 11.3 Å². The molecule has 1 aromatic carbocycles. The Balaban J connectivity index is 1.90. The molecule has 0 atom stereocenters. The maximum Gasteiger partial charge on any atom is 0.407 e. The fraction of sp³-hybridized carbons (Fsp3) is 0.333. The molecule has 1 aromatic heterocycles. The minimum atomic E-state index is -0.485. The molecule has 0 bridgehead atoms. The van der Waals surface area contributed by atoms with Gasteiger partial charge in [0, 0.05) is 17.0 Å². The number of amides is 1. The highest BCUT2D eigenvalue weighted by molar-refractivity contribution is 7.15. The normalized spacial score (nSPS) is 11.7. The van der Waals surface area contributed by atoms with Gasteiger partial charge in [-0.05, 0) is 33.3 Å². The van der Waals surface area contributed by atoms with E-state index >= 15 is 0 Å². The molecule has 0 saturated heterocycles. The van der Waals surface area contributed by atoms with Crippen LogP contribution in [0.5, 0.6) is 0 Å². The number of aromatic nitrogens is 1. The lowest BCUT2D eigenvalue weighted by Crippen LogP contribution is -2.32. The molecule has 2 aromatic rings. The summed E-state index contributed by atoms with van der Waals surface area (Å²) in [6.45, 7) is 7.93. The number of anilines is 1. The molecule has 24 heavy (non-hydrogen) atoms. The van der Waals surface area contributed by atoms with Crippen LogP contribution in [0.1, 0.15) is 31.2 Å². The van der Waals surface area contributed by atoms with Crippen LogP contribution in [-0.2, 0) is 4.74 Å². The lowest BCUT2D eigenvalue weighted by atomic mass is 10.1. The van der Waals surface area contributed by atoms with Crippen LogP contribution in [0.25, 0.3) is 17.3 Å². The predicted octanol–water partition coefficient (Wildman–Crippen LogP) is 4.24. The number of thiazole rings is 1. The number of benzene rings is 1. The molecular weight excluding hydrogens is 322 g/mol. The third-order valence-corrected chi connectivity index (χ3v) is 3.87. The number of nitrogens with zero attached hydrogens (tertiary/aromatic N) is 1. The van der Waals surface area contributed by atoms with Gasteiger partial charge in [-0.2, -0.15) is 0 Å². The molecule has 0 fully saturated rings. The van der Waals surface area contributed by atoms with Crippen molar-refractivity contribution in [1.82, 2.24) is 10.3 Å². The lowest BCUT2D eigenvalue weighted by Gasteiger charge is -2.19. The van der Waals surface area contributed by atoms with Crippen LogP contribution in [0.3, 0.4) is 0 Å². The van der Waals surface area contributed by atoms with Crippen molar-refractivity contribution in [3.8, 4) is 11.3 Å². The van der Waals surface area contributed by atoms with Gasteiger partial charge in [-0.25, -0.2) is 9.78 Å². The van der Waals surface area contributed by atoms with E-state index in [0.717, 1.165) is 21.7 Å². The molecular formula is C18H23N3O2S. The zero-order valence-corrected chi connectivity index (χ0v) is 15.2. The molecule has 0 aliphatic carbocycles. The molecule has 128 valence electrons. The summed E-state index contributed by atoms with van der Waals surface area (Å²) in [6.07, 6.45) is 3.41. The summed E-state index contributed by atoms with van der Waals surface area (Å²) in [6, 6.07) is 8.05. The summed E-state index contributed by atoms with van der Waals surface area (Å²) in [7, 11) is 0. The minimum Gasteiger partial charge on any atom is -0.444 e. The predicted molar refractivity (Wildman–Crippen MR) is 100.0 cm³/mol. The summed E-state index contributed by atoms with van der Waals surface area (Å²) in [4.78, 5) is 17.0. The van der Waals surface area contributed by atoms with Crippen LogP contribution in [0, 0.1) is 6.92 Å². The van der Waals surface area contributed by atoms with E-state index in [4.69, 9.17) is 10.5 Å². The molecule has 3 N–H and O–H groups in total. The van der Waals surface area contributed by atoms with E-state index in [9.17, 15) is 4.79 Å². The van der Waals surface area contributed by atoms with Crippen molar-refractivity contribution in [2.75, 3.05) is 12.3 Å². The van der Waals surface area contributed by atoms with Crippen molar-refractivity contribution in [3.05, 3.63) is 40.8 Å². The van der Waals surface area contributed by atoms with E-state index in [-0.39, 0.29) is 0 Å². The summed E-state index contributed by atoms with van der Waals surface area (Å²) in [5.41, 5.74) is 8.28. The highest BCUT2D eigenvalue weighted by Crippen LogP contribution is 2.28. The second-order valence-electron chi connectivity index (χ2n) is 6.36. The highest BCUT2D eigenvalue weighted by Gasteiger charge is 2.15. The summed E-state index contributed by atoms with van der Waals surface area (Å²) in [5.74, 6) is 0. The first-order valence-corrected chi connectivity index (χ1v) is 8.53. The van der Waals surface area contributed by atoms with Crippen molar-refractivity contribution < 1.29 is 9.53 Å². The van der Waals surface area contributed by atoms with Crippen LogP contribution < -0.4 is 11.1 Å². The molecule has 1 heterocycles. The van der Waals surface area contributed by atoms with E-state index < -0.39 is 11.7 Å². The largest absolute Gasteiger partial charge is 0.444 e. The first kappa shape index (κ1) is 18.0. The Bertz CT molecular complexity index is 728. The standard InChI is InChI=1S/C18H23N3O2S/c1-12-15(21-16(19)24-12)14-9-7-13(8-10-14)6-5-11-20-17(22)23-18(2,3)4/h5-10H,11H2,1-4H3,(H2,19,21)(H,20,22). The number of ether oxygens (including phenoxy) is 1. The second kappa shape index (κ2) is 7.49. The minimum absolute atomic E-state index is 0.415. The number of carbonyl (C=O) groups excluding carboxylic acids is 1. The number of carbonyl (C=O) groups is 1. The molecule has 0 aliphatic rings. The molecule has 0 aliphatic heterocycles. The number of aryl methyl sites for hydroxylation is 1. The first-order chi connectivity index (χ1) is 11.2. The molecule has 0 spiro atoms. The van der Waals surface area contributed by atoms with Gasteiger partial charge in [0.05, 0.1) is 5.69 Å². The second-order valence-corrected chi connectivity index (χ2v) is 7.60. The number of nitrogens with one attached hydrogen (secondary N) is 1. The Labute approximate surface area is 146 Å². The van der Waals surface area contributed by atoms with E-state index in [0.29, 0.717) is 11.7 Å². The quantitative estimate of drug-likeness (QED) is 0.869. The molecule has 0 saturated carbocycles. The van der Waals surface area contributed by atoms with Crippen molar-refractivity contribution in [1.29, 1.82) is 0 Å². The van der Waals surface area contributed by atoms with Gasteiger partial charge in [-0.3, -0.25) is 0 Å². The third-order valence-electron chi connectivity index (χ3n) is 3.07. The maximum atomic E-state index is 11.5. The summed E-state index contributed by atoms with van der Waals surface area (Å²) < 4.78 is 5.17. The lowest BCUT2D eigenvalue weighted by molar-refractivity contribution is 0.0534. The first-order valence-electron chi connectivity index (χ1n) is 7.71. The number of nitrogen functional groups attached to an aromatic ring is 1. The van der Waals surface area contributed by atoms with Gasteiger partial charge in [-0.15, -0.1) is 11.3 Å². The van der Waals surface area contributed by atoms with Crippen LogP contribution in [0.4, 0.5) is 9.93 Å². The highest BCUT2D eigenvalue weighted by atomic mass is 32.1. The maximum absolute atomic E-state index is 11.5. The van der Waals surface area contributed by atoms with Gasteiger partial charge in [0.1, 0.15) is 5.60 Å². The third kappa shape index (κ3) is 5.38. The fourth-order valence-corrected chi connectivity index (χ4v) is 2.80. The van der Waals surface area contributed by atoms with Crippen molar-refractivity contribution in [3.63, 3.8) is 0 Å². The van der Waals surface area contributed by atoms with Crippen molar-refractivity contribution in [2.24, 2.45) is 0 Å². The Morgan fingerprint density at radius 3 is 2.54 bits per heavy atom. The number of hydrogen-bond acceptors (Lipinski definition) is 5. The van der Waals surface area contributed by atoms with Crippen LogP contribution in [-0.4, -0.2) is 23.2 Å². The smallest absolute Gasteiger partial charge is 0.407 e. The molecule has 1 amide bonds. The van der Waals surface area contributed by atoms with Gasteiger partial charge < -0.3 is 15.8 Å². The van der Waals surface area contributed by atoms with E-state index in [1.807, 2.05) is 64.1 Å². The summed E-state index contributed by atoms with van der Waals surface area (Å²) >= 11 is 1.49.